The van der Waals surface area contributed by atoms with E-state index < -0.39 is 0 Å². The van der Waals surface area contributed by atoms with Gasteiger partial charge in [0.15, 0.2) is 18.1 Å². The van der Waals surface area contributed by atoms with E-state index >= 15 is 0 Å². The number of benzene rings is 2. The third-order valence-electron chi connectivity index (χ3n) is 7.02. The predicted octanol–water partition coefficient (Wildman–Crippen LogP) is 5.27. The van der Waals surface area contributed by atoms with Crippen molar-refractivity contribution >= 4 is 11.8 Å². The molecular formula is C32H28N4O5. The molecule has 1 aliphatic rings. The number of aryl methyl sites for hydroxylation is 1. The second-order valence-corrected chi connectivity index (χ2v) is 9.86. The lowest BCUT2D eigenvalue weighted by atomic mass is 9.87. The van der Waals surface area contributed by atoms with E-state index in [1.54, 1.807) is 24.5 Å². The van der Waals surface area contributed by atoms with E-state index in [1.165, 1.54) is 12.5 Å². The summed E-state index contributed by atoms with van der Waals surface area (Å²) < 4.78 is 17.0. The minimum Gasteiger partial charge on any atom is -0.484 e. The summed E-state index contributed by atoms with van der Waals surface area (Å²) in [5, 5.41) is 2.80. The molecule has 5 aromatic rings. The standard InChI is InChI=1S/C32H28N4O5/c1-21-5-2-7-24(15-21)30-26-16-25(10-9-23(26)11-13-36(30)32(38)28-8-4-14-39-28)40-20-29-35-27(19-41-29)31(37)34-18-22-6-3-12-33-17-22/h2-10,12,14-17,19,30H,11,13,18,20H2,1H3,(H,34,37)/t30-/m0/s1. The molecule has 1 aliphatic heterocycles. The smallest absolute Gasteiger partial charge is 0.290 e. The van der Waals surface area contributed by atoms with Crippen molar-refractivity contribution in [2.24, 2.45) is 0 Å². The van der Waals surface area contributed by atoms with Gasteiger partial charge in [0.2, 0.25) is 5.89 Å². The lowest BCUT2D eigenvalue weighted by Gasteiger charge is -2.37. The third kappa shape index (κ3) is 5.74. The number of aromatic nitrogens is 2. The SMILES string of the molecule is Cc1cccc([C@H]2c3cc(OCc4nc(C(=O)NCc5cccnc5)co4)ccc3CCN2C(=O)c2ccco2)c1. The molecule has 0 saturated carbocycles. The van der Waals surface area contributed by atoms with Gasteiger partial charge in [0.1, 0.15) is 12.0 Å². The van der Waals surface area contributed by atoms with Gasteiger partial charge in [0, 0.05) is 25.5 Å². The highest BCUT2D eigenvalue weighted by atomic mass is 16.5. The number of rotatable bonds is 8. The molecule has 0 bridgehead atoms. The lowest BCUT2D eigenvalue weighted by molar-refractivity contribution is 0.0661. The van der Waals surface area contributed by atoms with E-state index in [0.29, 0.717) is 31.0 Å². The fourth-order valence-corrected chi connectivity index (χ4v) is 5.05. The number of oxazole rings is 1. The fourth-order valence-electron chi connectivity index (χ4n) is 5.05. The number of nitrogens with zero attached hydrogens (tertiary/aromatic N) is 3. The Morgan fingerprint density at radius 2 is 2.00 bits per heavy atom. The van der Waals surface area contributed by atoms with Crippen LogP contribution in [0.25, 0.3) is 0 Å². The van der Waals surface area contributed by atoms with Crippen LogP contribution in [0, 0.1) is 6.92 Å². The molecule has 0 unspecified atom stereocenters. The van der Waals surface area contributed by atoms with Gasteiger partial charge in [-0.15, -0.1) is 0 Å². The molecule has 9 nitrogen and oxygen atoms in total. The monoisotopic (exact) mass is 548 g/mol. The molecule has 0 aliphatic carbocycles. The van der Waals surface area contributed by atoms with Gasteiger partial charge in [-0.05, 0) is 65.9 Å². The number of fused-ring (bicyclic) bond motifs is 1. The van der Waals surface area contributed by atoms with E-state index in [0.717, 1.165) is 27.8 Å². The van der Waals surface area contributed by atoms with Crippen molar-refractivity contribution < 1.29 is 23.2 Å². The zero-order valence-corrected chi connectivity index (χ0v) is 22.4. The fraction of sp³-hybridized carbons (Fsp3) is 0.188. The van der Waals surface area contributed by atoms with Gasteiger partial charge in [-0.25, -0.2) is 4.98 Å². The summed E-state index contributed by atoms with van der Waals surface area (Å²) in [5.74, 6) is 0.684. The Morgan fingerprint density at radius 1 is 1.07 bits per heavy atom. The van der Waals surface area contributed by atoms with Crippen LogP contribution < -0.4 is 10.1 Å². The number of carbonyl (C=O) groups is 2. The molecule has 0 spiro atoms. The highest BCUT2D eigenvalue weighted by Crippen LogP contribution is 2.38. The van der Waals surface area contributed by atoms with E-state index in [-0.39, 0.29) is 36.0 Å². The van der Waals surface area contributed by atoms with Gasteiger partial charge in [-0.2, -0.15) is 0 Å². The largest absolute Gasteiger partial charge is 0.484 e. The van der Waals surface area contributed by atoms with Crippen LogP contribution in [0.4, 0.5) is 0 Å². The van der Waals surface area contributed by atoms with Crippen LogP contribution >= 0.6 is 0 Å². The molecule has 1 atom stereocenters. The molecule has 2 aromatic carbocycles. The third-order valence-corrected chi connectivity index (χ3v) is 7.02. The molecule has 4 heterocycles. The van der Waals surface area contributed by atoms with Crippen LogP contribution in [0.2, 0.25) is 0 Å². The minimum atomic E-state index is -0.347. The van der Waals surface area contributed by atoms with Crippen LogP contribution in [-0.2, 0) is 19.6 Å². The molecule has 9 heteroatoms. The average molecular weight is 549 g/mol. The zero-order valence-electron chi connectivity index (χ0n) is 22.4. The van der Waals surface area contributed by atoms with Gasteiger partial charge in [0.25, 0.3) is 11.8 Å². The summed E-state index contributed by atoms with van der Waals surface area (Å²) >= 11 is 0. The number of hydrogen-bond acceptors (Lipinski definition) is 7. The van der Waals surface area contributed by atoms with E-state index in [2.05, 4.69) is 21.4 Å². The number of hydrogen-bond donors (Lipinski definition) is 1. The van der Waals surface area contributed by atoms with Crippen LogP contribution in [0.5, 0.6) is 5.75 Å². The first-order chi connectivity index (χ1) is 20.0. The average Bonchev–Trinajstić information content (AvgIpc) is 3.71. The second-order valence-electron chi connectivity index (χ2n) is 9.86. The summed E-state index contributed by atoms with van der Waals surface area (Å²) in [6.45, 7) is 2.98. The first kappa shape index (κ1) is 26.1. The van der Waals surface area contributed by atoms with Crippen molar-refractivity contribution in [3.63, 3.8) is 0 Å². The normalized spacial score (nSPS) is 14.4. The highest BCUT2D eigenvalue weighted by molar-refractivity contribution is 5.92. The summed E-state index contributed by atoms with van der Waals surface area (Å²) in [6.07, 6.45) is 6.91. The van der Waals surface area contributed by atoms with Crippen molar-refractivity contribution in [2.45, 2.75) is 32.5 Å². The number of ether oxygens (including phenoxy) is 1. The summed E-state index contributed by atoms with van der Waals surface area (Å²) in [4.78, 5) is 36.1. The molecule has 2 amide bonds. The number of furan rings is 1. The quantitative estimate of drug-likeness (QED) is 0.281. The molecule has 6 rings (SSSR count). The van der Waals surface area contributed by atoms with Crippen LogP contribution in [0.1, 0.15) is 60.8 Å². The zero-order chi connectivity index (χ0) is 28.2. The van der Waals surface area contributed by atoms with Crippen LogP contribution in [0.3, 0.4) is 0 Å². The van der Waals surface area contributed by atoms with Gasteiger partial charge in [-0.3, -0.25) is 14.6 Å². The lowest BCUT2D eigenvalue weighted by Crippen LogP contribution is -2.40. The maximum absolute atomic E-state index is 13.5. The number of carbonyl (C=O) groups excluding carboxylic acids is 2. The second kappa shape index (κ2) is 11.5. The molecule has 1 N–H and O–H groups in total. The van der Waals surface area contributed by atoms with Crippen molar-refractivity contribution in [2.75, 3.05) is 6.54 Å². The van der Waals surface area contributed by atoms with Gasteiger partial charge in [0.05, 0.1) is 12.3 Å². The molecule has 3 aromatic heterocycles. The molecule has 41 heavy (non-hydrogen) atoms. The van der Waals surface area contributed by atoms with E-state index in [9.17, 15) is 9.59 Å². The van der Waals surface area contributed by atoms with Crippen molar-refractivity contribution in [3.8, 4) is 5.75 Å². The Morgan fingerprint density at radius 3 is 2.80 bits per heavy atom. The Labute approximate surface area is 236 Å². The number of pyridine rings is 1. The Balaban J connectivity index is 1.19. The first-order valence-electron chi connectivity index (χ1n) is 13.3. The molecular weight excluding hydrogens is 520 g/mol. The molecule has 0 saturated heterocycles. The Bertz CT molecular complexity index is 1660. The Hall–Kier alpha value is -5.18. The van der Waals surface area contributed by atoms with Crippen LogP contribution in [0.15, 0.2) is 100 Å². The van der Waals surface area contributed by atoms with E-state index in [4.69, 9.17) is 13.6 Å². The van der Waals surface area contributed by atoms with Gasteiger partial charge in [-0.1, -0.05) is 42.0 Å². The summed E-state index contributed by atoms with van der Waals surface area (Å²) in [7, 11) is 0. The maximum atomic E-state index is 13.5. The minimum absolute atomic E-state index is 0.0405. The Kier molecular flexibility index (Phi) is 7.32. The molecule has 0 radical (unpaired) electrons. The van der Waals surface area contributed by atoms with Crippen molar-refractivity contribution in [1.82, 2.24) is 20.2 Å². The van der Waals surface area contributed by atoms with E-state index in [1.807, 2.05) is 60.4 Å². The molecule has 0 fully saturated rings. The summed E-state index contributed by atoms with van der Waals surface area (Å²) in [6, 6.07) is 20.9. The number of nitrogens with one attached hydrogen (secondary N) is 1. The topological polar surface area (TPSA) is 111 Å². The first-order valence-corrected chi connectivity index (χ1v) is 13.3. The van der Waals surface area contributed by atoms with Gasteiger partial charge < -0.3 is 23.8 Å². The van der Waals surface area contributed by atoms with Crippen molar-refractivity contribution in [3.05, 3.63) is 137 Å². The van der Waals surface area contributed by atoms with Crippen LogP contribution in [-0.4, -0.2) is 33.2 Å². The number of amides is 2. The maximum Gasteiger partial charge on any atom is 0.290 e. The van der Waals surface area contributed by atoms with Gasteiger partial charge >= 0.3 is 0 Å². The van der Waals surface area contributed by atoms with Crippen molar-refractivity contribution in [1.29, 1.82) is 0 Å². The predicted molar refractivity (Wildman–Crippen MR) is 149 cm³/mol. The molecule has 206 valence electrons. The summed E-state index contributed by atoms with van der Waals surface area (Å²) in [5.41, 5.74) is 5.31. The highest BCUT2D eigenvalue weighted by Gasteiger charge is 2.34.